The summed E-state index contributed by atoms with van der Waals surface area (Å²) in [6.45, 7) is 0.260. The van der Waals surface area contributed by atoms with E-state index in [4.69, 9.17) is 9.84 Å². The Morgan fingerprint density at radius 2 is 1.29 bits per heavy atom. The minimum atomic E-state index is -0.179. The van der Waals surface area contributed by atoms with Crippen LogP contribution in [-0.2, 0) is 38.3 Å². The maximum atomic E-state index is 11.6. The second kappa shape index (κ2) is 15.1. The molecule has 1 N–H and O–H groups in total. The quantitative estimate of drug-likeness (QED) is 0.358. The van der Waals surface area contributed by atoms with Crippen LogP contribution in [0, 0.1) is 0 Å². The third kappa shape index (κ3) is 9.88. The van der Waals surface area contributed by atoms with Gasteiger partial charge in [0.25, 0.3) is 0 Å². The molecule has 0 aliphatic heterocycles. The van der Waals surface area contributed by atoms with E-state index in [1.807, 2.05) is 0 Å². The standard InChI is InChI=1S/C23H36O5/c1-27-22(25)15-8-5-7-12-20-14-10-13-19(11-6-3-4-9-18-24)21(20)16-17-23(26)28-2/h10,13-14,24H,3-9,11-12,15-18H2,1-2H3. The van der Waals surface area contributed by atoms with E-state index < -0.39 is 0 Å². The normalized spacial score (nSPS) is 10.7. The lowest BCUT2D eigenvalue weighted by Crippen LogP contribution is -2.07. The lowest BCUT2D eigenvalue weighted by Gasteiger charge is -2.15. The number of ether oxygens (including phenoxy) is 2. The number of aliphatic hydroxyl groups is 1. The monoisotopic (exact) mass is 392 g/mol. The Balaban J connectivity index is 2.67. The van der Waals surface area contributed by atoms with Gasteiger partial charge in [-0.15, -0.1) is 0 Å². The van der Waals surface area contributed by atoms with Crippen molar-refractivity contribution in [1.82, 2.24) is 0 Å². The Morgan fingerprint density at radius 3 is 1.86 bits per heavy atom. The Labute approximate surface area is 169 Å². The van der Waals surface area contributed by atoms with Crippen molar-refractivity contribution in [2.75, 3.05) is 20.8 Å². The number of benzene rings is 1. The maximum absolute atomic E-state index is 11.6. The van der Waals surface area contributed by atoms with Crippen molar-refractivity contribution in [2.45, 2.75) is 77.0 Å². The number of rotatable bonds is 15. The van der Waals surface area contributed by atoms with E-state index in [1.54, 1.807) is 0 Å². The first-order valence-corrected chi connectivity index (χ1v) is 10.5. The highest BCUT2D eigenvalue weighted by molar-refractivity contribution is 5.69. The van der Waals surface area contributed by atoms with Crippen LogP contribution in [0.4, 0.5) is 0 Å². The summed E-state index contributed by atoms with van der Waals surface area (Å²) >= 11 is 0. The van der Waals surface area contributed by atoms with Crippen molar-refractivity contribution < 1.29 is 24.2 Å². The molecule has 0 spiro atoms. The van der Waals surface area contributed by atoms with Gasteiger partial charge in [-0.3, -0.25) is 9.59 Å². The number of carbonyl (C=O) groups is 2. The highest BCUT2D eigenvalue weighted by Gasteiger charge is 2.11. The smallest absolute Gasteiger partial charge is 0.305 e. The number of aliphatic hydroxyl groups excluding tert-OH is 1. The van der Waals surface area contributed by atoms with Crippen LogP contribution < -0.4 is 0 Å². The number of esters is 2. The van der Waals surface area contributed by atoms with Gasteiger partial charge in [0.15, 0.2) is 0 Å². The lowest BCUT2D eigenvalue weighted by atomic mass is 9.91. The van der Waals surface area contributed by atoms with Crippen LogP contribution in [0.2, 0.25) is 0 Å². The van der Waals surface area contributed by atoms with Gasteiger partial charge in [0.05, 0.1) is 14.2 Å². The maximum Gasteiger partial charge on any atom is 0.305 e. The Bertz CT molecular complexity index is 582. The largest absolute Gasteiger partial charge is 0.469 e. The number of hydrogen-bond acceptors (Lipinski definition) is 5. The van der Waals surface area contributed by atoms with E-state index in [1.165, 1.54) is 30.9 Å². The summed E-state index contributed by atoms with van der Waals surface area (Å²) < 4.78 is 9.50. The zero-order valence-corrected chi connectivity index (χ0v) is 17.5. The molecule has 0 atom stereocenters. The van der Waals surface area contributed by atoms with E-state index in [9.17, 15) is 9.59 Å². The fourth-order valence-corrected chi connectivity index (χ4v) is 3.45. The Hall–Kier alpha value is -1.88. The summed E-state index contributed by atoms with van der Waals surface area (Å²) in [5.74, 6) is -0.330. The summed E-state index contributed by atoms with van der Waals surface area (Å²) in [5.41, 5.74) is 3.90. The van der Waals surface area contributed by atoms with Crippen molar-refractivity contribution in [3.63, 3.8) is 0 Å². The van der Waals surface area contributed by atoms with Crippen LogP contribution in [0.5, 0.6) is 0 Å². The van der Waals surface area contributed by atoms with Gasteiger partial charge in [-0.2, -0.15) is 0 Å². The summed E-state index contributed by atoms with van der Waals surface area (Å²) in [5, 5.41) is 8.90. The van der Waals surface area contributed by atoms with Crippen molar-refractivity contribution in [3.8, 4) is 0 Å². The predicted molar refractivity (Wildman–Crippen MR) is 110 cm³/mol. The summed E-state index contributed by atoms with van der Waals surface area (Å²) in [6.07, 6.45) is 10.5. The minimum Gasteiger partial charge on any atom is -0.469 e. The second-order valence-electron chi connectivity index (χ2n) is 7.16. The van der Waals surface area contributed by atoms with Crippen LogP contribution in [0.15, 0.2) is 18.2 Å². The first-order valence-electron chi connectivity index (χ1n) is 10.5. The molecular weight excluding hydrogens is 356 g/mol. The van der Waals surface area contributed by atoms with E-state index in [2.05, 4.69) is 22.9 Å². The number of unbranched alkanes of at least 4 members (excludes halogenated alkanes) is 5. The predicted octanol–water partition coefficient (Wildman–Crippen LogP) is 4.16. The van der Waals surface area contributed by atoms with Gasteiger partial charge in [0.2, 0.25) is 0 Å². The SMILES string of the molecule is COC(=O)CCCCCc1cccc(CCCCCCO)c1CCC(=O)OC. The van der Waals surface area contributed by atoms with Gasteiger partial charge in [-0.1, -0.05) is 37.5 Å². The van der Waals surface area contributed by atoms with E-state index in [-0.39, 0.29) is 18.5 Å². The van der Waals surface area contributed by atoms with Gasteiger partial charge < -0.3 is 14.6 Å². The highest BCUT2D eigenvalue weighted by atomic mass is 16.5. The topological polar surface area (TPSA) is 72.8 Å². The molecule has 1 aromatic carbocycles. The fourth-order valence-electron chi connectivity index (χ4n) is 3.45. The first kappa shape index (κ1) is 24.2. The van der Waals surface area contributed by atoms with Crippen molar-refractivity contribution in [2.24, 2.45) is 0 Å². The van der Waals surface area contributed by atoms with Crippen molar-refractivity contribution in [1.29, 1.82) is 0 Å². The van der Waals surface area contributed by atoms with Crippen molar-refractivity contribution in [3.05, 3.63) is 34.9 Å². The van der Waals surface area contributed by atoms with Crippen LogP contribution >= 0.6 is 0 Å². The third-order valence-electron chi connectivity index (χ3n) is 5.09. The third-order valence-corrected chi connectivity index (χ3v) is 5.09. The molecule has 1 rings (SSSR count). The van der Waals surface area contributed by atoms with Crippen molar-refractivity contribution >= 4 is 11.9 Å². The van der Waals surface area contributed by atoms with Gasteiger partial charge in [0.1, 0.15) is 0 Å². The molecule has 0 bridgehead atoms. The molecule has 0 unspecified atom stereocenters. The van der Waals surface area contributed by atoms with Gasteiger partial charge in [-0.25, -0.2) is 0 Å². The molecule has 5 nitrogen and oxygen atoms in total. The van der Waals surface area contributed by atoms with Crippen LogP contribution in [-0.4, -0.2) is 37.9 Å². The molecule has 0 aliphatic rings. The lowest BCUT2D eigenvalue weighted by molar-refractivity contribution is -0.141. The molecule has 0 saturated heterocycles. The molecule has 0 radical (unpaired) electrons. The molecule has 1 aromatic rings. The Morgan fingerprint density at radius 1 is 0.750 bits per heavy atom. The van der Waals surface area contributed by atoms with Crippen LogP contribution in [0.3, 0.4) is 0 Å². The van der Waals surface area contributed by atoms with E-state index >= 15 is 0 Å². The average molecular weight is 393 g/mol. The molecule has 0 amide bonds. The first-order chi connectivity index (χ1) is 13.6. The number of hydrogen-bond donors (Lipinski definition) is 1. The van der Waals surface area contributed by atoms with E-state index in [0.29, 0.717) is 19.3 Å². The molecule has 28 heavy (non-hydrogen) atoms. The fraction of sp³-hybridized carbons (Fsp3) is 0.652. The van der Waals surface area contributed by atoms with Gasteiger partial charge in [-0.05, 0) is 61.6 Å². The van der Waals surface area contributed by atoms with Gasteiger partial charge in [0, 0.05) is 19.4 Å². The Kier molecular flexibility index (Phi) is 13.0. The molecule has 158 valence electrons. The molecule has 0 heterocycles. The van der Waals surface area contributed by atoms with Crippen LogP contribution in [0.25, 0.3) is 0 Å². The summed E-state index contributed by atoms with van der Waals surface area (Å²) in [7, 11) is 2.85. The average Bonchev–Trinajstić information content (AvgIpc) is 2.72. The molecule has 0 aliphatic carbocycles. The molecule has 0 saturated carbocycles. The number of aryl methyl sites for hydroxylation is 2. The zero-order chi connectivity index (χ0) is 20.6. The number of carbonyl (C=O) groups excluding carboxylic acids is 2. The van der Waals surface area contributed by atoms with Gasteiger partial charge >= 0.3 is 11.9 Å². The molecule has 0 aromatic heterocycles. The molecular formula is C23H36O5. The molecule has 0 fully saturated rings. The molecule has 5 heteroatoms. The highest BCUT2D eigenvalue weighted by Crippen LogP contribution is 2.22. The summed E-state index contributed by atoms with van der Waals surface area (Å²) in [6, 6.07) is 6.43. The minimum absolute atomic E-state index is 0.151. The van der Waals surface area contributed by atoms with Crippen LogP contribution in [0.1, 0.15) is 74.5 Å². The number of methoxy groups -OCH3 is 2. The zero-order valence-electron chi connectivity index (χ0n) is 17.5. The second-order valence-corrected chi connectivity index (χ2v) is 7.16. The summed E-state index contributed by atoms with van der Waals surface area (Å²) in [4.78, 5) is 22.8. The van der Waals surface area contributed by atoms with E-state index in [0.717, 1.165) is 57.8 Å².